The molecule has 130 valence electrons. The van der Waals surface area contributed by atoms with E-state index < -0.39 is 0 Å². The summed E-state index contributed by atoms with van der Waals surface area (Å²) in [6.45, 7) is 1.72. The predicted molar refractivity (Wildman–Crippen MR) is 92.1 cm³/mol. The molecule has 3 nitrogen and oxygen atoms in total. The second-order valence-electron chi connectivity index (χ2n) is 7.88. The second kappa shape index (κ2) is 6.83. The quantitative estimate of drug-likeness (QED) is 0.923. The molecular weight excluding hydrogens is 303 g/mol. The number of nitrogens with one attached hydrogen (secondary N) is 1. The van der Waals surface area contributed by atoms with Gasteiger partial charge in [0.25, 0.3) is 0 Å². The molecule has 4 heteroatoms. The maximum absolute atomic E-state index is 13.0. The molecule has 4 rings (SSSR count). The molecule has 4 atom stereocenters. The van der Waals surface area contributed by atoms with Gasteiger partial charge in [0.05, 0.1) is 6.04 Å². The lowest BCUT2D eigenvalue weighted by atomic mass is 9.85. The molecule has 2 saturated heterocycles. The molecule has 0 spiro atoms. The lowest BCUT2D eigenvalue weighted by Crippen LogP contribution is -2.44. The molecule has 4 unspecified atom stereocenters. The number of carbonyl (C=O) groups excluding carboxylic acids is 1. The molecule has 24 heavy (non-hydrogen) atoms. The number of fused-ring (bicyclic) bond motifs is 1. The monoisotopic (exact) mass is 330 g/mol. The van der Waals surface area contributed by atoms with E-state index in [1.165, 1.54) is 43.4 Å². The molecular formula is C20H27FN2O. The van der Waals surface area contributed by atoms with Crippen LogP contribution in [-0.2, 0) is 11.2 Å². The van der Waals surface area contributed by atoms with Crippen molar-refractivity contribution in [2.45, 2.75) is 57.0 Å². The van der Waals surface area contributed by atoms with Gasteiger partial charge in [0, 0.05) is 19.1 Å². The fourth-order valence-corrected chi connectivity index (χ4v) is 4.88. The van der Waals surface area contributed by atoms with Crippen LogP contribution < -0.4 is 5.32 Å². The Hall–Kier alpha value is -1.42. The molecule has 0 bridgehead atoms. The van der Waals surface area contributed by atoms with Gasteiger partial charge in [-0.15, -0.1) is 0 Å². The van der Waals surface area contributed by atoms with Crippen molar-refractivity contribution in [3.8, 4) is 0 Å². The number of likely N-dealkylation sites (tertiary alicyclic amines) is 1. The third-order valence-electron chi connectivity index (χ3n) is 6.20. The predicted octanol–water partition coefficient (Wildman–Crippen LogP) is 3.14. The third-order valence-corrected chi connectivity index (χ3v) is 6.20. The highest BCUT2D eigenvalue weighted by Gasteiger charge is 2.40. The molecule has 1 aromatic rings. The van der Waals surface area contributed by atoms with Crippen molar-refractivity contribution in [3.05, 3.63) is 35.6 Å². The van der Waals surface area contributed by atoms with Crippen LogP contribution >= 0.6 is 0 Å². The highest BCUT2D eigenvalue weighted by molar-refractivity contribution is 5.82. The molecule has 0 radical (unpaired) electrons. The Labute approximate surface area is 143 Å². The third kappa shape index (κ3) is 3.34. The first-order chi connectivity index (χ1) is 11.7. The smallest absolute Gasteiger partial charge is 0.239 e. The van der Waals surface area contributed by atoms with Crippen molar-refractivity contribution in [2.75, 3.05) is 13.1 Å². The van der Waals surface area contributed by atoms with Crippen LogP contribution in [0.4, 0.5) is 4.39 Å². The van der Waals surface area contributed by atoms with Crippen molar-refractivity contribution in [3.63, 3.8) is 0 Å². The summed E-state index contributed by atoms with van der Waals surface area (Å²) in [6, 6.07) is 7.40. The van der Waals surface area contributed by atoms with Crippen molar-refractivity contribution in [1.29, 1.82) is 0 Å². The molecule has 3 aliphatic rings. The van der Waals surface area contributed by atoms with Gasteiger partial charge >= 0.3 is 0 Å². The minimum Gasteiger partial charge on any atom is -0.341 e. The largest absolute Gasteiger partial charge is 0.341 e. The topological polar surface area (TPSA) is 32.3 Å². The van der Waals surface area contributed by atoms with Gasteiger partial charge in [0.1, 0.15) is 5.82 Å². The zero-order chi connectivity index (χ0) is 16.5. The fourth-order valence-electron chi connectivity index (χ4n) is 4.88. The Bertz CT molecular complexity index is 574. The average molecular weight is 330 g/mol. The summed E-state index contributed by atoms with van der Waals surface area (Å²) in [5, 5.41) is 3.61. The number of hydrogen-bond acceptors (Lipinski definition) is 2. The fraction of sp³-hybridized carbons (Fsp3) is 0.650. The van der Waals surface area contributed by atoms with Crippen LogP contribution in [0.3, 0.4) is 0 Å². The van der Waals surface area contributed by atoms with Crippen molar-refractivity contribution in [2.24, 2.45) is 11.8 Å². The zero-order valence-electron chi connectivity index (χ0n) is 14.2. The minimum atomic E-state index is -0.184. The van der Waals surface area contributed by atoms with E-state index in [2.05, 4.69) is 10.2 Å². The zero-order valence-corrected chi connectivity index (χ0v) is 14.2. The van der Waals surface area contributed by atoms with E-state index >= 15 is 0 Å². The Morgan fingerprint density at radius 3 is 2.75 bits per heavy atom. The van der Waals surface area contributed by atoms with Gasteiger partial charge in [-0.2, -0.15) is 0 Å². The van der Waals surface area contributed by atoms with Crippen LogP contribution in [0.2, 0.25) is 0 Å². The van der Waals surface area contributed by atoms with Crippen molar-refractivity contribution >= 4 is 5.91 Å². The maximum atomic E-state index is 13.0. The van der Waals surface area contributed by atoms with Gasteiger partial charge in [0.2, 0.25) is 5.91 Å². The van der Waals surface area contributed by atoms with Gasteiger partial charge in [-0.05, 0) is 61.6 Å². The molecule has 1 aliphatic carbocycles. The Balaban J connectivity index is 1.31. The lowest BCUT2D eigenvalue weighted by Gasteiger charge is -2.24. The number of rotatable bonds is 3. The van der Waals surface area contributed by atoms with E-state index in [0.29, 0.717) is 23.8 Å². The van der Waals surface area contributed by atoms with Crippen LogP contribution in [-0.4, -0.2) is 36.0 Å². The van der Waals surface area contributed by atoms with Crippen LogP contribution in [0, 0.1) is 17.7 Å². The van der Waals surface area contributed by atoms with Crippen LogP contribution in [0.15, 0.2) is 24.3 Å². The molecule has 1 aromatic carbocycles. The van der Waals surface area contributed by atoms with Crippen LogP contribution in [0.25, 0.3) is 0 Å². The minimum absolute atomic E-state index is 0.0441. The Morgan fingerprint density at radius 2 is 1.96 bits per heavy atom. The summed E-state index contributed by atoms with van der Waals surface area (Å²) < 4.78 is 13.0. The van der Waals surface area contributed by atoms with Gasteiger partial charge < -0.3 is 10.2 Å². The Kier molecular flexibility index (Phi) is 4.57. The van der Waals surface area contributed by atoms with Crippen LogP contribution in [0.1, 0.15) is 44.1 Å². The van der Waals surface area contributed by atoms with E-state index in [4.69, 9.17) is 0 Å². The summed E-state index contributed by atoms with van der Waals surface area (Å²) in [5.74, 6) is 1.34. The number of halogens is 1. The number of amides is 1. The van der Waals surface area contributed by atoms with Gasteiger partial charge in [-0.25, -0.2) is 4.39 Å². The number of nitrogens with zero attached hydrogens (tertiary/aromatic N) is 1. The van der Waals surface area contributed by atoms with Gasteiger partial charge in [-0.3, -0.25) is 4.79 Å². The molecule has 1 amide bonds. The van der Waals surface area contributed by atoms with Gasteiger partial charge in [0.15, 0.2) is 0 Å². The summed E-state index contributed by atoms with van der Waals surface area (Å²) >= 11 is 0. The number of carbonyl (C=O) groups is 1. The summed E-state index contributed by atoms with van der Waals surface area (Å²) in [5.41, 5.74) is 1.17. The lowest BCUT2D eigenvalue weighted by molar-refractivity contribution is -0.132. The maximum Gasteiger partial charge on any atom is 0.239 e. The van der Waals surface area contributed by atoms with E-state index in [1.807, 2.05) is 12.1 Å². The Morgan fingerprint density at radius 1 is 1.17 bits per heavy atom. The van der Waals surface area contributed by atoms with Crippen LogP contribution in [0.5, 0.6) is 0 Å². The first-order valence-corrected chi connectivity index (χ1v) is 9.48. The second-order valence-corrected chi connectivity index (χ2v) is 7.88. The van der Waals surface area contributed by atoms with E-state index in [-0.39, 0.29) is 11.9 Å². The molecule has 3 fully saturated rings. The summed E-state index contributed by atoms with van der Waals surface area (Å²) in [7, 11) is 0. The summed E-state index contributed by atoms with van der Waals surface area (Å²) in [4.78, 5) is 14.9. The highest BCUT2D eigenvalue weighted by atomic mass is 19.1. The molecule has 2 aliphatic heterocycles. The van der Waals surface area contributed by atoms with E-state index in [1.54, 1.807) is 0 Å². The van der Waals surface area contributed by atoms with E-state index in [0.717, 1.165) is 32.4 Å². The molecule has 2 heterocycles. The average Bonchev–Trinajstić information content (AvgIpc) is 3.23. The SMILES string of the molecule is O=C(C1CC2CCCCC2N1)N1CCC(Cc2ccc(F)cc2)C1. The molecule has 1 N–H and O–H groups in total. The number of benzene rings is 1. The summed E-state index contributed by atoms with van der Waals surface area (Å²) in [6.07, 6.45) is 8.18. The first kappa shape index (κ1) is 16.1. The standard InChI is InChI=1S/C20H27FN2O/c21-17-7-5-14(6-8-17)11-15-9-10-23(13-15)20(24)19-12-16-3-1-2-4-18(16)22-19/h5-8,15-16,18-19,22H,1-4,9-13H2. The molecule has 0 aromatic heterocycles. The van der Waals surface area contributed by atoms with Crippen molar-refractivity contribution < 1.29 is 9.18 Å². The molecule has 1 saturated carbocycles. The normalized spacial score (nSPS) is 32.8. The van der Waals surface area contributed by atoms with E-state index in [9.17, 15) is 9.18 Å². The number of hydrogen-bond donors (Lipinski definition) is 1. The van der Waals surface area contributed by atoms with Gasteiger partial charge in [-0.1, -0.05) is 25.0 Å². The van der Waals surface area contributed by atoms with Crippen molar-refractivity contribution in [1.82, 2.24) is 10.2 Å². The highest BCUT2D eigenvalue weighted by Crippen LogP contribution is 2.34. The first-order valence-electron chi connectivity index (χ1n) is 9.48.